The Balaban J connectivity index is 2.17. The largest absolute Gasteiger partial charge is 0.383 e. The van der Waals surface area contributed by atoms with E-state index in [2.05, 4.69) is 17.1 Å². The van der Waals surface area contributed by atoms with Gasteiger partial charge in [0.05, 0.1) is 13.2 Å². The van der Waals surface area contributed by atoms with Crippen LogP contribution in [-0.4, -0.2) is 60.3 Å². The van der Waals surface area contributed by atoms with Gasteiger partial charge in [0, 0.05) is 26.7 Å². The van der Waals surface area contributed by atoms with Crippen LogP contribution in [0.5, 0.6) is 0 Å². The van der Waals surface area contributed by atoms with Crippen molar-refractivity contribution >= 4 is 17.4 Å². The zero-order chi connectivity index (χ0) is 24.2. The molecule has 0 bridgehead atoms. The topological polar surface area (TPSA) is 114 Å². The van der Waals surface area contributed by atoms with Crippen LogP contribution in [0.1, 0.15) is 38.7 Å². The molecule has 3 N–H and O–H groups in total. The van der Waals surface area contributed by atoms with Crippen molar-refractivity contribution in [3.63, 3.8) is 0 Å². The van der Waals surface area contributed by atoms with Gasteiger partial charge in [0.1, 0.15) is 5.82 Å². The molecule has 1 amide bonds. The van der Waals surface area contributed by atoms with Gasteiger partial charge in [0.15, 0.2) is 5.69 Å². The molecule has 182 valence electrons. The van der Waals surface area contributed by atoms with Crippen molar-refractivity contribution in [1.29, 1.82) is 0 Å². The number of ether oxygens (including phenoxy) is 1. The molecule has 1 aromatic carbocycles. The molecule has 0 saturated carbocycles. The van der Waals surface area contributed by atoms with E-state index in [1.54, 1.807) is 14.0 Å². The van der Waals surface area contributed by atoms with Gasteiger partial charge in [-0.15, -0.1) is 0 Å². The summed E-state index contributed by atoms with van der Waals surface area (Å²) in [5.41, 5.74) is 6.30. The van der Waals surface area contributed by atoms with Crippen molar-refractivity contribution in [3.05, 3.63) is 56.7 Å². The fourth-order valence-electron chi connectivity index (χ4n) is 3.75. The molecule has 0 fully saturated rings. The van der Waals surface area contributed by atoms with E-state index in [-0.39, 0.29) is 30.5 Å². The Morgan fingerprint density at radius 3 is 2.48 bits per heavy atom. The number of unbranched alkanes of at least 4 members (excludes halogenated alkanes) is 1. The van der Waals surface area contributed by atoms with Crippen LogP contribution in [0.2, 0.25) is 0 Å². The second kappa shape index (κ2) is 13.6. The molecule has 0 radical (unpaired) electrons. The van der Waals surface area contributed by atoms with Gasteiger partial charge < -0.3 is 15.4 Å². The SMILES string of the molecule is CCCCn1c(N)c(N(CC)C(=O)CN(CCCc2ccccc2)CCOC)c(=O)[nH]c1=O. The number of aromatic amines is 1. The monoisotopic (exact) mass is 459 g/mol. The fraction of sp³-hybridized carbons (Fsp3) is 0.542. The molecule has 9 heteroatoms. The number of nitrogens with two attached hydrogens (primary N) is 1. The number of methoxy groups -OCH3 is 1. The van der Waals surface area contributed by atoms with Gasteiger partial charge in [-0.2, -0.15) is 0 Å². The number of rotatable bonds is 14. The standard InChI is InChI=1S/C24H37N5O4/c1-4-6-15-29-22(25)21(23(31)26-24(29)32)28(5-2)20(30)18-27(16-17-33-3)14-10-13-19-11-8-7-9-12-19/h7-9,11-12H,4-6,10,13-18,25H2,1-3H3,(H,26,31,32). The van der Waals surface area contributed by atoms with Crippen LogP contribution in [0.15, 0.2) is 39.9 Å². The number of amides is 1. The summed E-state index contributed by atoms with van der Waals surface area (Å²) in [6.45, 7) is 6.36. The maximum atomic E-state index is 13.2. The summed E-state index contributed by atoms with van der Waals surface area (Å²) < 4.78 is 6.55. The minimum absolute atomic E-state index is 0.0277. The Labute approximate surface area is 195 Å². The number of carbonyl (C=O) groups is 1. The highest BCUT2D eigenvalue weighted by molar-refractivity contribution is 5.96. The van der Waals surface area contributed by atoms with Crippen molar-refractivity contribution in [2.24, 2.45) is 0 Å². The number of H-pyrrole nitrogens is 1. The van der Waals surface area contributed by atoms with Gasteiger partial charge in [-0.3, -0.25) is 24.0 Å². The van der Waals surface area contributed by atoms with Crippen LogP contribution in [0.25, 0.3) is 0 Å². The number of nitrogens with zero attached hydrogens (tertiary/aromatic N) is 3. The summed E-state index contributed by atoms with van der Waals surface area (Å²) in [4.78, 5) is 43.8. The van der Waals surface area contributed by atoms with E-state index in [9.17, 15) is 14.4 Å². The van der Waals surface area contributed by atoms with E-state index in [0.29, 0.717) is 26.2 Å². The van der Waals surface area contributed by atoms with E-state index in [4.69, 9.17) is 10.5 Å². The maximum absolute atomic E-state index is 13.2. The third-order valence-corrected chi connectivity index (χ3v) is 5.59. The highest BCUT2D eigenvalue weighted by Gasteiger charge is 2.24. The molecule has 0 unspecified atom stereocenters. The minimum Gasteiger partial charge on any atom is -0.383 e. The maximum Gasteiger partial charge on any atom is 0.330 e. The smallest absolute Gasteiger partial charge is 0.330 e. The number of aromatic nitrogens is 2. The van der Waals surface area contributed by atoms with E-state index < -0.39 is 11.2 Å². The molecule has 0 aliphatic carbocycles. The summed E-state index contributed by atoms with van der Waals surface area (Å²) in [6, 6.07) is 10.2. The average molecular weight is 460 g/mol. The molecule has 0 atom stereocenters. The Bertz CT molecular complexity index is 987. The molecule has 33 heavy (non-hydrogen) atoms. The van der Waals surface area contributed by atoms with Crippen LogP contribution in [-0.2, 0) is 22.5 Å². The van der Waals surface area contributed by atoms with Gasteiger partial charge in [-0.25, -0.2) is 4.79 Å². The van der Waals surface area contributed by atoms with E-state index in [1.165, 1.54) is 15.0 Å². The summed E-state index contributed by atoms with van der Waals surface area (Å²) in [6.07, 6.45) is 3.40. The molecular formula is C24H37N5O4. The Morgan fingerprint density at radius 1 is 1.12 bits per heavy atom. The number of hydrogen-bond acceptors (Lipinski definition) is 6. The molecule has 0 spiro atoms. The first-order chi connectivity index (χ1) is 15.9. The zero-order valence-electron chi connectivity index (χ0n) is 20.0. The van der Waals surface area contributed by atoms with Gasteiger partial charge in [-0.05, 0) is 38.3 Å². The molecule has 0 saturated heterocycles. The van der Waals surface area contributed by atoms with Gasteiger partial charge in [0.2, 0.25) is 5.91 Å². The van der Waals surface area contributed by atoms with E-state index in [0.717, 1.165) is 25.7 Å². The number of aryl methyl sites for hydroxylation is 1. The lowest BCUT2D eigenvalue weighted by atomic mass is 10.1. The van der Waals surface area contributed by atoms with Gasteiger partial charge >= 0.3 is 5.69 Å². The van der Waals surface area contributed by atoms with Gasteiger partial charge in [0.25, 0.3) is 5.56 Å². The molecule has 9 nitrogen and oxygen atoms in total. The number of anilines is 2. The number of carbonyl (C=O) groups excluding carboxylic acids is 1. The number of hydrogen-bond donors (Lipinski definition) is 2. The van der Waals surface area contributed by atoms with Crippen molar-refractivity contribution in [3.8, 4) is 0 Å². The highest BCUT2D eigenvalue weighted by Crippen LogP contribution is 2.17. The first-order valence-electron chi connectivity index (χ1n) is 11.6. The quantitative estimate of drug-likeness (QED) is 0.446. The number of nitrogen functional groups attached to an aromatic ring is 1. The number of benzene rings is 1. The van der Waals surface area contributed by atoms with Crippen molar-refractivity contribution < 1.29 is 9.53 Å². The Morgan fingerprint density at radius 2 is 1.85 bits per heavy atom. The predicted molar refractivity (Wildman–Crippen MR) is 132 cm³/mol. The molecule has 2 aromatic rings. The molecular weight excluding hydrogens is 422 g/mol. The normalized spacial score (nSPS) is 11.2. The highest BCUT2D eigenvalue weighted by atomic mass is 16.5. The zero-order valence-corrected chi connectivity index (χ0v) is 20.0. The Kier molecular flexibility index (Phi) is 10.9. The average Bonchev–Trinajstić information content (AvgIpc) is 2.80. The molecule has 1 heterocycles. The fourth-order valence-corrected chi connectivity index (χ4v) is 3.75. The second-order valence-corrected chi connectivity index (χ2v) is 7.99. The van der Waals surface area contributed by atoms with E-state index in [1.807, 2.05) is 30.0 Å². The lowest BCUT2D eigenvalue weighted by molar-refractivity contribution is -0.119. The summed E-state index contributed by atoms with van der Waals surface area (Å²) >= 11 is 0. The number of nitrogens with one attached hydrogen (secondary N) is 1. The summed E-state index contributed by atoms with van der Waals surface area (Å²) in [7, 11) is 1.63. The van der Waals surface area contributed by atoms with E-state index >= 15 is 0 Å². The predicted octanol–water partition coefficient (Wildman–Crippen LogP) is 1.85. The van der Waals surface area contributed by atoms with Crippen LogP contribution in [0.3, 0.4) is 0 Å². The Hall–Kier alpha value is -2.91. The summed E-state index contributed by atoms with van der Waals surface area (Å²) in [5, 5.41) is 0. The van der Waals surface area contributed by atoms with Crippen LogP contribution in [0.4, 0.5) is 11.5 Å². The van der Waals surface area contributed by atoms with Crippen LogP contribution in [0, 0.1) is 0 Å². The number of likely N-dealkylation sites (N-methyl/N-ethyl adjacent to an activating group) is 1. The summed E-state index contributed by atoms with van der Waals surface area (Å²) in [5.74, 6) is -0.217. The molecule has 0 aliphatic rings. The van der Waals surface area contributed by atoms with Crippen LogP contribution >= 0.6 is 0 Å². The van der Waals surface area contributed by atoms with Crippen molar-refractivity contribution in [2.75, 3.05) is 50.5 Å². The third kappa shape index (κ3) is 7.57. The first kappa shape index (κ1) is 26.3. The minimum atomic E-state index is -0.645. The lowest BCUT2D eigenvalue weighted by Gasteiger charge is -2.27. The van der Waals surface area contributed by atoms with Gasteiger partial charge in [-0.1, -0.05) is 43.7 Å². The second-order valence-electron chi connectivity index (χ2n) is 7.99. The third-order valence-electron chi connectivity index (χ3n) is 5.59. The van der Waals surface area contributed by atoms with Crippen LogP contribution < -0.4 is 21.9 Å². The van der Waals surface area contributed by atoms with Crippen molar-refractivity contribution in [1.82, 2.24) is 14.5 Å². The molecule has 0 aliphatic heterocycles. The lowest BCUT2D eigenvalue weighted by Crippen LogP contribution is -2.46. The van der Waals surface area contributed by atoms with Crippen molar-refractivity contribution in [2.45, 2.75) is 46.1 Å². The molecule has 1 aromatic heterocycles. The molecule has 2 rings (SSSR count). The first-order valence-corrected chi connectivity index (χ1v) is 11.6.